The van der Waals surface area contributed by atoms with Crippen LogP contribution in [-0.4, -0.2) is 14.8 Å². The molecule has 6 heteroatoms. The van der Waals surface area contributed by atoms with Crippen molar-refractivity contribution >= 4 is 23.4 Å². The number of benzene rings is 1. The van der Waals surface area contributed by atoms with Gasteiger partial charge in [0.05, 0.1) is 0 Å². The molecule has 0 aliphatic rings. The molecule has 90 valence electrons. The molecule has 0 amide bonds. The zero-order valence-electron chi connectivity index (χ0n) is 9.64. The van der Waals surface area contributed by atoms with Gasteiger partial charge >= 0.3 is 0 Å². The first-order valence-electron chi connectivity index (χ1n) is 5.14. The number of halogens is 1. The van der Waals surface area contributed by atoms with E-state index in [1.807, 2.05) is 36.7 Å². The van der Waals surface area contributed by atoms with Gasteiger partial charge in [-0.3, -0.25) is 0 Å². The lowest BCUT2D eigenvalue weighted by molar-refractivity contribution is 0.765. The van der Waals surface area contributed by atoms with Crippen LogP contribution in [0.1, 0.15) is 11.4 Å². The quantitative estimate of drug-likeness (QED) is 0.929. The highest BCUT2D eigenvalue weighted by Crippen LogP contribution is 2.29. The molecule has 1 aromatic heterocycles. The summed E-state index contributed by atoms with van der Waals surface area (Å²) in [7, 11) is 1.94. The van der Waals surface area contributed by atoms with Crippen molar-refractivity contribution in [1.29, 1.82) is 0 Å². The van der Waals surface area contributed by atoms with E-state index in [1.54, 1.807) is 0 Å². The number of aromatic nitrogens is 3. The molecule has 4 nitrogen and oxygen atoms in total. The summed E-state index contributed by atoms with van der Waals surface area (Å²) in [6, 6.07) is 5.83. The van der Waals surface area contributed by atoms with E-state index in [0.29, 0.717) is 11.6 Å². The van der Waals surface area contributed by atoms with E-state index < -0.39 is 0 Å². The summed E-state index contributed by atoms with van der Waals surface area (Å²) in [5.41, 5.74) is 6.51. The fraction of sp³-hybridized carbons (Fsp3) is 0.273. The molecule has 0 atom stereocenters. The summed E-state index contributed by atoms with van der Waals surface area (Å²) in [4.78, 5) is 1.03. The Labute approximate surface area is 109 Å². The summed E-state index contributed by atoms with van der Waals surface area (Å²) in [5, 5.41) is 9.64. The summed E-state index contributed by atoms with van der Waals surface area (Å²) in [6.45, 7) is 2.37. The lowest BCUT2D eigenvalue weighted by atomic mass is 10.2. The molecule has 0 saturated heterocycles. The molecule has 0 saturated carbocycles. The minimum Gasteiger partial charge on any atom is -0.326 e. The van der Waals surface area contributed by atoms with Crippen molar-refractivity contribution in [3.05, 3.63) is 34.6 Å². The van der Waals surface area contributed by atoms with Crippen molar-refractivity contribution in [2.75, 3.05) is 0 Å². The minimum atomic E-state index is 0.451. The smallest absolute Gasteiger partial charge is 0.195 e. The van der Waals surface area contributed by atoms with Crippen molar-refractivity contribution in [3.63, 3.8) is 0 Å². The molecule has 0 aliphatic carbocycles. The van der Waals surface area contributed by atoms with E-state index in [2.05, 4.69) is 10.2 Å². The van der Waals surface area contributed by atoms with Crippen LogP contribution in [0.5, 0.6) is 0 Å². The molecule has 0 spiro atoms. The molecule has 0 radical (unpaired) electrons. The van der Waals surface area contributed by atoms with E-state index in [0.717, 1.165) is 21.4 Å². The Hall–Kier alpha value is -1.04. The minimum absolute atomic E-state index is 0.451. The molecule has 2 N–H and O–H groups in total. The number of hydrogen-bond acceptors (Lipinski definition) is 4. The van der Waals surface area contributed by atoms with Gasteiger partial charge in [-0.1, -0.05) is 17.7 Å². The Bertz CT molecular complexity index is 538. The highest BCUT2D eigenvalue weighted by molar-refractivity contribution is 7.99. The molecule has 1 aromatic carbocycles. The normalized spacial score (nSPS) is 10.8. The Morgan fingerprint density at radius 2 is 2.18 bits per heavy atom. The molecule has 17 heavy (non-hydrogen) atoms. The van der Waals surface area contributed by atoms with Gasteiger partial charge in [0.2, 0.25) is 0 Å². The average molecular weight is 269 g/mol. The average Bonchev–Trinajstić information content (AvgIpc) is 2.61. The van der Waals surface area contributed by atoms with Crippen molar-refractivity contribution < 1.29 is 0 Å². The van der Waals surface area contributed by atoms with Crippen LogP contribution in [0.2, 0.25) is 5.02 Å². The van der Waals surface area contributed by atoms with Crippen LogP contribution >= 0.6 is 23.4 Å². The summed E-state index contributed by atoms with van der Waals surface area (Å²) in [6.07, 6.45) is 0. The first kappa shape index (κ1) is 12.4. The summed E-state index contributed by atoms with van der Waals surface area (Å²) in [5.74, 6) is 0.886. The number of nitrogens with two attached hydrogens (primary N) is 1. The van der Waals surface area contributed by atoms with Crippen LogP contribution < -0.4 is 5.73 Å². The van der Waals surface area contributed by atoms with Gasteiger partial charge in [-0.05, 0) is 36.4 Å². The second-order valence-corrected chi connectivity index (χ2v) is 5.10. The van der Waals surface area contributed by atoms with E-state index in [4.69, 9.17) is 17.3 Å². The zero-order valence-corrected chi connectivity index (χ0v) is 11.2. The third-order valence-electron chi connectivity index (χ3n) is 2.51. The molecule has 2 rings (SSSR count). The SMILES string of the molecule is Cc1nnc(Sc2ccc(CN)c(Cl)c2)n1C. The fourth-order valence-corrected chi connectivity index (χ4v) is 2.54. The highest BCUT2D eigenvalue weighted by Gasteiger charge is 2.08. The second-order valence-electron chi connectivity index (χ2n) is 3.65. The van der Waals surface area contributed by atoms with E-state index >= 15 is 0 Å². The first-order valence-corrected chi connectivity index (χ1v) is 6.33. The van der Waals surface area contributed by atoms with Gasteiger partial charge in [-0.2, -0.15) is 0 Å². The molecular weight excluding hydrogens is 256 g/mol. The van der Waals surface area contributed by atoms with E-state index in [9.17, 15) is 0 Å². The Balaban J connectivity index is 2.25. The Kier molecular flexibility index (Phi) is 3.71. The molecule has 0 aliphatic heterocycles. The number of aryl methyl sites for hydroxylation is 1. The van der Waals surface area contributed by atoms with Crippen LogP contribution in [0.4, 0.5) is 0 Å². The van der Waals surface area contributed by atoms with Gasteiger partial charge in [-0.15, -0.1) is 10.2 Å². The van der Waals surface area contributed by atoms with Crippen molar-refractivity contribution in [2.45, 2.75) is 23.5 Å². The van der Waals surface area contributed by atoms with E-state index in [-0.39, 0.29) is 0 Å². The first-order chi connectivity index (χ1) is 8.11. The van der Waals surface area contributed by atoms with Crippen LogP contribution in [-0.2, 0) is 13.6 Å². The molecule has 1 heterocycles. The standard InChI is InChI=1S/C11H13ClN4S/c1-7-14-15-11(16(7)2)17-9-4-3-8(6-13)10(12)5-9/h3-5H,6,13H2,1-2H3. The number of rotatable bonds is 3. The van der Waals surface area contributed by atoms with Crippen molar-refractivity contribution in [1.82, 2.24) is 14.8 Å². The summed E-state index contributed by atoms with van der Waals surface area (Å²) < 4.78 is 1.94. The van der Waals surface area contributed by atoms with Crippen molar-refractivity contribution in [3.8, 4) is 0 Å². The second kappa shape index (κ2) is 5.08. The van der Waals surface area contributed by atoms with Gasteiger partial charge in [0.15, 0.2) is 5.16 Å². The van der Waals surface area contributed by atoms with Crippen LogP contribution in [0, 0.1) is 6.92 Å². The lowest BCUT2D eigenvalue weighted by Gasteiger charge is -2.05. The maximum Gasteiger partial charge on any atom is 0.195 e. The summed E-state index contributed by atoms with van der Waals surface area (Å²) >= 11 is 7.64. The molecular formula is C11H13ClN4S. The van der Waals surface area contributed by atoms with Crippen molar-refractivity contribution in [2.24, 2.45) is 12.8 Å². The lowest BCUT2D eigenvalue weighted by Crippen LogP contribution is -1.97. The van der Waals surface area contributed by atoms with Gasteiger partial charge in [0.25, 0.3) is 0 Å². The maximum atomic E-state index is 6.10. The third kappa shape index (κ3) is 2.62. The van der Waals surface area contributed by atoms with Gasteiger partial charge in [0, 0.05) is 23.5 Å². The predicted octanol–water partition coefficient (Wildman–Crippen LogP) is 2.39. The molecule has 2 aromatic rings. The molecule has 0 unspecified atom stereocenters. The number of hydrogen-bond donors (Lipinski definition) is 1. The predicted molar refractivity (Wildman–Crippen MR) is 69.2 cm³/mol. The monoisotopic (exact) mass is 268 g/mol. The highest BCUT2D eigenvalue weighted by atomic mass is 35.5. The Morgan fingerprint density at radius 3 is 2.71 bits per heavy atom. The fourth-order valence-electron chi connectivity index (χ4n) is 1.34. The Morgan fingerprint density at radius 1 is 1.41 bits per heavy atom. The van der Waals surface area contributed by atoms with Gasteiger partial charge < -0.3 is 10.3 Å². The van der Waals surface area contributed by atoms with E-state index in [1.165, 1.54) is 11.8 Å². The van der Waals surface area contributed by atoms with Gasteiger partial charge in [-0.25, -0.2) is 0 Å². The largest absolute Gasteiger partial charge is 0.326 e. The maximum absolute atomic E-state index is 6.10. The molecule has 0 bridgehead atoms. The number of nitrogens with zero attached hydrogens (tertiary/aromatic N) is 3. The van der Waals surface area contributed by atoms with Crippen LogP contribution in [0.3, 0.4) is 0 Å². The molecule has 0 fully saturated rings. The van der Waals surface area contributed by atoms with Crippen LogP contribution in [0.25, 0.3) is 0 Å². The topological polar surface area (TPSA) is 56.7 Å². The zero-order chi connectivity index (χ0) is 12.4. The van der Waals surface area contributed by atoms with Gasteiger partial charge in [0.1, 0.15) is 5.82 Å². The third-order valence-corrected chi connectivity index (χ3v) is 3.89. The van der Waals surface area contributed by atoms with Crippen LogP contribution in [0.15, 0.2) is 28.3 Å².